The van der Waals surface area contributed by atoms with Crippen molar-refractivity contribution in [1.29, 1.82) is 5.41 Å². The number of hydrogen-bond donors (Lipinski definition) is 3. The number of rotatable bonds is 5. The lowest BCUT2D eigenvalue weighted by Crippen LogP contribution is -2.24. The molecule has 5 heteroatoms. The Labute approximate surface area is 107 Å². The molecule has 5 nitrogen and oxygen atoms in total. The highest BCUT2D eigenvalue weighted by atomic mass is 16.3. The third-order valence-corrected chi connectivity index (χ3v) is 3.45. The van der Waals surface area contributed by atoms with Gasteiger partial charge < -0.3 is 10.8 Å². The zero-order chi connectivity index (χ0) is 13.0. The molecule has 1 saturated heterocycles. The number of amidine groups is 1. The Morgan fingerprint density at radius 3 is 3.17 bits per heavy atom. The van der Waals surface area contributed by atoms with Gasteiger partial charge in [0.15, 0.2) is 0 Å². The van der Waals surface area contributed by atoms with Gasteiger partial charge in [-0.25, -0.2) is 0 Å². The summed E-state index contributed by atoms with van der Waals surface area (Å²) in [6.45, 7) is 3.10. The summed E-state index contributed by atoms with van der Waals surface area (Å²) in [6.07, 6.45) is 3.68. The number of nitrogen functional groups attached to an aromatic ring is 1. The monoisotopic (exact) mass is 248 g/mol. The van der Waals surface area contributed by atoms with Crippen molar-refractivity contribution in [3.8, 4) is 0 Å². The standard InChI is InChI=1S/C13H20N4O/c14-13(15)12-11(2-1-5-16-12)9-17-6-3-10(8-17)4-7-18/h1-2,5,10,18H,3-4,6-9H2,(H3,14,15). The van der Waals surface area contributed by atoms with Gasteiger partial charge in [-0.05, 0) is 36.9 Å². The Morgan fingerprint density at radius 1 is 1.61 bits per heavy atom. The molecule has 0 aromatic carbocycles. The minimum atomic E-state index is 0.0247. The summed E-state index contributed by atoms with van der Waals surface area (Å²) in [5, 5.41) is 16.5. The maximum atomic E-state index is 8.95. The van der Waals surface area contributed by atoms with Gasteiger partial charge in [0.2, 0.25) is 0 Å². The van der Waals surface area contributed by atoms with Crippen LogP contribution >= 0.6 is 0 Å². The van der Waals surface area contributed by atoms with Crippen LogP contribution < -0.4 is 5.73 Å². The van der Waals surface area contributed by atoms with Crippen LogP contribution in [0.3, 0.4) is 0 Å². The van der Waals surface area contributed by atoms with Gasteiger partial charge in [-0.3, -0.25) is 15.3 Å². The smallest absolute Gasteiger partial charge is 0.142 e. The third kappa shape index (κ3) is 3.05. The van der Waals surface area contributed by atoms with Gasteiger partial charge in [0.05, 0.1) is 0 Å². The van der Waals surface area contributed by atoms with Gasteiger partial charge in [-0.15, -0.1) is 0 Å². The van der Waals surface area contributed by atoms with Crippen LogP contribution in [0.2, 0.25) is 0 Å². The van der Waals surface area contributed by atoms with Crippen LogP contribution in [-0.2, 0) is 6.54 Å². The maximum Gasteiger partial charge on any atom is 0.142 e. The van der Waals surface area contributed by atoms with E-state index >= 15 is 0 Å². The molecule has 4 N–H and O–H groups in total. The van der Waals surface area contributed by atoms with E-state index in [2.05, 4.69) is 9.88 Å². The highest BCUT2D eigenvalue weighted by molar-refractivity contribution is 5.94. The summed E-state index contributed by atoms with van der Waals surface area (Å²) in [5.74, 6) is 0.615. The first-order valence-corrected chi connectivity index (χ1v) is 6.32. The summed E-state index contributed by atoms with van der Waals surface area (Å²) < 4.78 is 0. The van der Waals surface area contributed by atoms with Gasteiger partial charge in [0.25, 0.3) is 0 Å². The van der Waals surface area contributed by atoms with Crippen molar-refractivity contribution >= 4 is 5.84 Å². The predicted octanol–water partition coefficient (Wildman–Crippen LogP) is 0.570. The largest absolute Gasteiger partial charge is 0.396 e. The van der Waals surface area contributed by atoms with Crippen LogP contribution in [-0.4, -0.2) is 40.5 Å². The van der Waals surface area contributed by atoms with Crippen LogP contribution in [0.25, 0.3) is 0 Å². The SMILES string of the molecule is N=C(N)c1ncccc1CN1CCC(CCO)C1. The first-order chi connectivity index (χ1) is 8.70. The molecule has 0 aliphatic carbocycles. The Balaban J connectivity index is 2.00. The number of nitrogens with two attached hydrogens (primary N) is 1. The van der Waals surface area contributed by atoms with Gasteiger partial charge in [0, 0.05) is 25.9 Å². The molecule has 1 fully saturated rings. The summed E-state index contributed by atoms with van der Waals surface area (Å²) in [7, 11) is 0. The molecule has 0 bridgehead atoms. The summed E-state index contributed by atoms with van der Waals surface area (Å²) >= 11 is 0. The van der Waals surface area contributed by atoms with Crippen molar-refractivity contribution in [2.24, 2.45) is 11.7 Å². The van der Waals surface area contributed by atoms with Crippen molar-refractivity contribution in [3.05, 3.63) is 29.6 Å². The molecule has 1 aliphatic rings. The minimum absolute atomic E-state index is 0.0247. The fraction of sp³-hybridized carbons (Fsp3) is 0.538. The first kappa shape index (κ1) is 13.0. The quantitative estimate of drug-likeness (QED) is 0.525. The van der Waals surface area contributed by atoms with Crippen molar-refractivity contribution in [2.45, 2.75) is 19.4 Å². The average Bonchev–Trinajstić information content (AvgIpc) is 2.77. The van der Waals surface area contributed by atoms with Crippen molar-refractivity contribution < 1.29 is 5.11 Å². The third-order valence-electron chi connectivity index (χ3n) is 3.45. The number of likely N-dealkylation sites (tertiary alicyclic amines) is 1. The minimum Gasteiger partial charge on any atom is -0.396 e. The number of nitrogens with one attached hydrogen (secondary N) is 1. The summed E-state index contributed by atoms with van der Waals surface area (Å²) in [5.41, 5.74) is 7.13. The van der Waals surface area contributed by atoms with Crippen molar-refractivity contribution in [1.82, 2.24) is 9.88 Å². The molecule has 0 spiro atoms. The van der Waals surface area contributed by atoms with Gasteiger partial charge in [0.1, 0.15) is 11.5 Å². The molecular formula is C13H20N4O. The topological polar surface area (TPSA) is 86.2 Å². The number of nitrogens with zero attached hydrogens (tertiary/aromatic N) is 2. The van der Waals surface area contributed by atoms with Gasteiger partial charge >= 0.3 is 0 Å². The lowest BCUT2D eigenvalue weighted by molar-refractivity contribution is 0.249. The molecule has 18 heavy (non-hydrogen) atoms. The van der Waals surface area contributed by atoms with E-state index in [1.165, 1.54) is 0 Å². The molecule has 1 aliphatic heterocycles. The van der Waals surface area contributed by atoms with Gasteiger partial charge in [-0.1, -0.05) is 6.07 Å². The van der Waals surface area contributed by atoms with Crippen LogP contribution in [0.1, 0.15) is 24.1 Å². The molecule has 0 amide bonds. The second-order valence-electron chi connectivity index (χ2n) is 4.83. The van der Waals surface area contributed by atoms with Crippen molar-refractivity contribution in [3.63, 3.8) is 0 Å². The fourth-order valence-electron chi connectivity index (χ4n) is 2.52. The summed E-state index contributed by atoms with van der Waals surface area (Å²) in [4.78, 5) is 6.50. The van der Waals surface area contributed by atoms with E-state index in [1.54, 1.807) is 6.20 Å². The fourth-order valence-corrected chi connectivity index (χ4v) is 2.52. The molecule has 1 atom stereocenters. The van der Waals surface area contributed by atoms with E-state index in [-0.39, 0.29) is 12.4 Å². The second-order valence-corrected chi connectivity index (χ2v) is 4.83. The molecule has 1 aromatic heterocycles. The first-order valence-electron chi connectivity index (χ1n) is 6.32. The number of aliphatic hydroxyl groups is 1. The average molecular weight is 248 g/mol. The number of aliphatic hydroxyl groups excluding tert-OH is 1. The van der Waals surface area contributed by atoms with E-state index in [0.29, 0.717) is 11.6 Å². The zero-order valence-electron chi connectivity index (χ0n) is 10.5. The van der Waals surface area contributed by atoms with E-state index in [1.807, 2.05) is 12.1 Å². The molecule has 0 radical (unpaired) electrons. The van der Waals surface area contributed by atoms with E-state index in [0.717, 1.165) is 38.0 Å². The second kappa shape index (κ2) is 5.93. The Kier molecular flexibility index (Phi) is 4.28. The molecule has 0 saturated carbocycles. The molecule has 2 rings (SSSR count). The number of aromatic nitrogens is 1. The van der Waals surface area contributed by atoms with Crippen LogP contribution in [0.15, 0.2) is 18.3 Å². The molecule has 1 unspecified atom stereocenters. The lowest BCUT2D eigenvalue weighted by atomic mass is 10.1. The molecular weight excluding hydrogens is 228 g/mol. The number of pyridine rings is 1. The summed E-state index contributed by atoms with van der Waals surface area (Å²) in [6, 6.07) is 3.85. The molecule has 98 valence electrons. The van der Waals surface area contributed by atoms with E-state index < -0.39 is 0 Å². The number of hydrogen-bond acceptors (Lipinski definition) is 4. The molecule has 1 aromatic rings. The maximum absolute atomic E-state index is 8.95. The van der Waals surface area contributed by atoms with Crippen molar-refractivity contribution in [2.75, 3.05) is 19.7 Å². The van der Waals surface area contributed by atoms with Crippen LogP contribution in [0.5, 0.6) is 0 Å². The Hall–Kier alpha value is -1.46. The zero-order valence-corrected chi connectivity index (χ0v) is 10.5. The highest BCUT2D eigenvalue weighted by Gasteiger charge is 2.22. The predicted molar refractivity (Wildman–Crippen MR) is 70.3 cm³/mol. The van der Waals surface area contributed by atoms with Crippen LogP contribution in [0, 0.1) is 11.3 Å². The van der Waals surface area contributed by atoms with Gasteiger partial charge in [-0.2, -0.15) is 0 Å². The lowest BCUT2D eigenvalue weighted by Gasteiger charge is -2.17. The van der Waals surface area contributed by atoms with E-state index in [4.69, 9.17) is 16.2 Å². The Morgan fingerprint density at radius 2 is 2.44 bits per heavy atom. The van der Waals surface area contributed by atoms with E-state index in [9.17, 15) is 0 Å². The Bertz CT molecular complexity index is 421. The van der Waals surface area contributed by atoms with Crippen LogP contribution in [0.4, 0.5) is 0 Å². The highest BCUT2D eigenvalue weighted by Crippen LogP contribution is 2.21. The normalized spacial score (nSPS) is 20.2. The molecule has 2 heterocycles.